The van der Waals surface area contributed by atoms with Gasteiger partial charge in [-0.05, 0) is 24.3 Å². The Morgan fingerprint density at radius 3 is 2.31 bits per heavy atom. The Balaban J connectivity index is -0.000000901. The molecule has 7 heteroatoms. The topological polar surface area (TPSA) is 26.3 Å². The minimum atomic E-state index is -0.604. The number of allylic oxidation sites excluding steroid dienone is 2. The molecule has 0 saturated heterocycles. The van der Waals surface area contributed by atoms with E-state index in [0.717, 1.165) is 18.6 Å². The molecule has 0 saturated carbocycles. The van der Waals surface area contributed by atoms with Gasteiger partial charge in [0.2, 0.25) is 0 Å². The second-order valence-electron chi connectivity index (χ2n) is 7.43. The molecule has 0 aliphatic carbocycles. The minimum Gasteiger partial charge on any atom is -0.715 e. The van der Waals surface area contributed by atoms with E-state index in [9.17, 15) is 13.6 Å². The van der Waals surface area contributed by atoms with Crippen molar-refractivity contribution in [3.63, 3.8) is 0 Å². The van der Waals surface area contributed by atoms with Crippen LogP contribution in [0.4, 0.5) is 8.78 Å². The van der Waals surface area contributed by atoms with Crippen molar-refractivity contribution in [2.75, 3.05) is 0 Å². The van der Waals surface area contributed by atoms with E-state index in [-0.39, 0.29) is 69.1 Å². The quantitative estimate of drug-likeness (QED) is 0.179. The molecule has 2 nitrogen and oxygen atoms in total. The summed E-state index contributed by atoms with van der Waals surface area (Å²) in [7, 11) is 0. The second kappa shape index (κ2) is 21.4. The van der Waals surface area contributed by atoms with Gasteiger partial charge < -0.3 is 16.0 Å². The van der Waals surface area contributed by atoms with E-state index in [1.54, 1.807) is 24.5 Å². The average Bonchev–Trinajstić information content (AvgIpc) is 2.79. The van der Waals surface area contributed by atoms with Gasteiger partial charge >= 0.3 is 42.1 Å². The van der Waals surface area contributed by atoms with Gasteiger partial charge in [0.25, 0.3) is 0 Å². The Morgan fingerprint density at radius 1 is 1.14 bits per heavy atom. The molecule has 0 aliphatic rings. The molecule has 0 aromatic heterocycles. The maximum Gasteiger partial charge on any atom is 2.00 e. The van der Waals surface area contributed by atoms with Crippen LogP contribution in [0.3, 0.4) is 0 Å². The summed E-state index contributed by atoms with van der Waals surface area (Å²) in [5, 5.41) is 0. The van der Waals surface area contributed by atoms with Crippen LogP contribution in [0.5, 0.6) is 5.75 Å². The molecule has 2 rings (SSSR count). The van der Waals surface area contributed by atoms with Crippen LogP contribution in [0, 0.1) is 42.1 Å². The third-order valence-corrected chi connectivity index (χ3v) is 5.24. The molecule has 188 valence electrons. The fourth-order valence-corrected chi connectivity index (χ4v) is 2.87. The molecule has 0 heterocycles. The Hall–Kier alpha value is -0.685. The van der Waals surface area contributed by atoms with Gasteiger partial charge in [0.05, 0.1) is 0 Å². The zero-order valence-corrected chi connectivity index (χ0v) is 29.6. The van der Waals surface area contributed by atoms with Gasteiger partial charge in [-0.15, -0.1) is 12.5 Å². The van der Waals surface area contributed by atoms with Crippen LogP contribution in [0.25, 0.3) is 11.1 Å². The van der Waals surface area contributed by atoms with Gasteiger partial charge in [-0.1, -0.05) is 44.5 Å². The Bertz CT molecular complexity index is 904. The van der Waals surface area contributed by atoms with E-state index < -0.39 is 11.6 Å². The van der Waals surface area contributed by atoms with Gasteiger partial charge in [0.15, 0.2) is 0 Å². The summed E-state index contributed by atoms with van der Waals surface area (Å²) in [4.78, 5) is 9.50. The molecular weight excluding hydrogens is 958 g/mol. The van der Waals surface area contributed by atoms with Crippen LogP contribution in [0.2, 0.25) is 0 Å². The van der Waals surface area contributed by atoms with E-state index in [1.165, 1.54) is 12.1 Å². The normalized spacial score (nSPS) is 11.7. The van der Waals surface area contributed by atoms with Crippen molar-refractivity contribution in [3.05, 3.63) is 90.9 Å². The molecule has 0 radical (unpaired) electrons. The fraction of sp³-hybridized carbons (Fsp3) is 0.321. The third-order valence-electron chi connectivity index (χ3n) is 5.24. The van der Waals surface area contributed by atoms with Gasteiger partial charge in [0, 0.05) is 32.7 Å². The standard InChI is InChI=1S/C22H23F2O.C6H9O.3W/c1-6-14(3)15(4)16(5)25-22-11-8-18(12-17(22)7-2)20-10-9-19(23)13-21(20)24;1-2-3-4-5-6-7;;;/h6,8-15H,2H2,1,3-5H3;3-4H,2,5H2,1H3;;;/q-3;-1;;2*+2/b;4-3-;;;. The monoisotopic (exact) mass is 990 g/mol. The van der Waals surface area contributed by atoms with Crippen molar-refractivity contribution < 1.29 is 81.5 Å². The van der Waals surface area contributed by atoms with Crippen LogP contribution >= 0.6 is 0 Å². The first-order valence-corrected chi connectivity index (χ1v) is 10.7. The summed E-state index contributed by atoms with van der Waals surface area (Å²) < 4.78 is 33.1. The van der Waals surface area contributed by atoms with E-state index in [2.05, 4.69) is 32.9 Å². The van der Waals surface area contributed by atoms with E-state index in [0.29, 0.717) is 34.8 Å². The van der Waals surface area contributed by atoms with Gasteiger partial charge in [-0.25, -0.2) is 8.78 Å². The summed E-state index contributed by atoms with van der Waals surface area (Å²) in [6.07, 6.45) is 12.8. The molecule has 2 aromatic carbocycles. The number of hydrogen-bond acceptors (Lipinski definition) is 2. The SMILES string of the molecule is C=[C-]c1cc(-c2ccc(F)cc2F)ccc1O[C-](C)C(C)C(C)[CH-]C.CC/C=C\C[C-]=O.[W+2].[W+2].[W]. The molecular formula is C28H32F2O2W3. The first-order chi connectivity index (χ1) is 15.3. The summed E-state index contributed by atoms with van der Waals surface area (Å²) >= 11 is 0. The summed E-state index contributed by atoms with van der Waals surface area (Å²) in [6.45, 7) is 13.9. The predicted octanol–water partition coefficient (Wildman–Crippen LogP) is 7.84. The molecule has 0 N–H and O–H groups in total. The zero-order valence-electron chi connectivity index (χ0n) is 20.8. The first kappa shape index (κ1) is 38.8. The molecule has 0 bridgehead atoms. The molecule has 2 unspecified atom stereocenters. The van der Waals surface area contributed by atoms with Crippen molar-refractivity contribution in [1.82, 2.24) is 0 Å². The van der Waals surface area contributed by atoms with E-state index in [1.807, 2.05) is 32.9 Å². The van der Waals surface area contributed by atoms with Crippen molar-refractivity contribution in [2.24, 2.45) is 11.8 Å². The second-order valence-corrected chi connectivity index (χ2v) is 7.43. The Kier molecular flexibility index (Phi) is 23.8. The number of hydrogen-bond donors (Lipinski definition) is 0. The molecule has 0 spiro atoms. The first-order valence-electron chi connectivity index (χ1n) is 10.7. The molecule has 2 atom stereocenters. The van der Waals surface area contributed by atoms with Crippen molar-refractivity contribution >= 4 is 6.29 Å². The Morgan fingerprint density at radius 2 is 1.80 bits per heavy atom. The van der Waals surface area contributed by atoms with Gasteiger partial charge in [0.1, 0.15) is 11.6 Å². The van der Waals surface area contributed by atoms with Crippen molar-refractivity contribution in [3.8, 4) is 16.9 Å². The summed E-state index contributed by atoms with van der Waals surface area (Å²) in [5.41, 5.74) is 1.59. The minimum absolute atomic E-state index is 0. The number of halogens is 2. The molecule has 0 amide bonds. The van der Waals surface area contributed by atoms with Gasteiger partial charge in [-0.3, -0.25) is 6.29 Å². The van der Waals surface area contributed by atoms with Crippen LogP contribution < -0.4 is 4.74 Å². The smallest absolute Gasteiger partial charge is 0.715 e. The largest absolute Gasteiger partial charge is 2.00 e. The molecule has 0 aliphatic heterocycles. The van der Waals surface area contributed by atoms with Gasteiger partial charge in [-0.2, -0.15) is 56.1 Å². The average molecular weight is 990 g/mol. The molecule has 0 fully saturated rings. The summed E-state index contributed by atoms with van der Waals surface area (Å²) in [5.74, 6) is 0.0691. The summed E-state index contributed by atoms with van der Waals surface area (Å²) in [6, 6.07) is 8.79. The maximum absolute atomic E-state index is 14.0. The van der Waals surface area contributed by atoms with Crippen molar-refractivity contribution in [2.45, 2.75) is 47.5 Å². The number of benzene rings is 2. The van der Waals surface area contributed by atoms with Crippen LogP contribution in [-0.2, 0) is 68.0 Å². The number of ether oxygens (including phenoxy) is 1. The van der Waals surface area contributed by atoms with Crippen LogP contribution in [0.1, 0.15) is 53.0 Å². The zero-order chi connectivity index (χ0) is 24.1. The Labute approximate surface area is 253 Å². The van der Waals surface area contributed by atoms with E-state index in [4.69, 9.17) is 4.74 Å². The molecule has 2 aromatic rings. The number of carbonyl (C=O) groups excluding carboxylic acids is 1. The van der Waals surface area contributed by atoms with Crippen LogP contribution in [-0.4, -0.2) is 6.29 Å². The molecule has 35 heavy (non-hydrogen) atoms. The number of rotatable bonds is 10. The third kappa shape index (κ3) is 13.4. The van der Waals surface area contributed by atoms with Crippen LogP contribution in [0.15, 0.2) is 55.1 Å². The van der Waals surface area contributed by atoms with E-state index >= 15 is 0 Å². The fourth-order valence-electron chi connectivity index (χ4n) is 2.87. The predicted molar refractivity (Wildman–Crippen MR) is 127 cm³/mol. The maximum atomic E-state index is 14.0. The van der Waals surface area contributed by atoms with Crippen molar-refractivity contribution in [1.29, 1.82) is 0 Å².